The number of hydrogen-bond donors (Lipinski definition) is 1. The molecular weight excluding hydrogens is 246 g/mol. The van der Waals surface area contributed by atoms with Gasteiger partial charge in [-0.2, -0.15) is 4.98 Å². The monoisotopic (exact) mass is 267 g/mol. The van der Waals surface area contributed by atoms with E-state index in [1.54, 1.807) is 0 Å². The number of aromatic nitrogens is 2. The van der Waals surface area contributed by atoms with Crippen LogP contribution in [0.15, 0.2) is 4.52 Å². The van der Waals surface area contributed by atoms with Crippen molar-refractivity contribution in [3.8, 4) is 0 Å². The van der Waals surface area contributed by atoms with Crippen LogP contribution in [-0.2, 0) is 17.8 Å². The molecule has 0 saturated carbocycles. The lowest BCUT2D eigenvalue weighted by Crippen LogP contribution is -2.38. The summed E-state index contributed by atoms with van der Waals surface area (Å²) < 4.78 is 5.18. The van der Waals surface area contributed by atoms with Crippen molar-refractivity contribution in [1.82, 2.24) is 15.0 Å². The molecule has 2 heterocycles. The fourth-order valence-electron chi connectivity index (χ4n) is 2.38. The quantitative estimate of drug-likeness (QED) is 0.845. The van der Waals surface area contributed by atoms with Gasteiger partial charge in [-0.15, -0.1) is 0 Å². The van der Waals surface area contributed by atoms with Crippen LogP contribution in [0.1, 0.15) is 44.3 Å². The highest BCUT2D eigenvalue weighted by atomic mass is 16.5. The number of hydrogen-bond acceptors (Lipinski definition) is 5. The molecule has 0 radical (unpaired) electrons. The molecule has 19 heavy (non-hydrogen) atoms. The lowest BCUT2D eigenvalue weighted by Gasteiger charge is -2.29. The van der Waals surface area contributed by atoms with Crippen molar-refractivity contribution in [2.45, 2.75) is 45.6 Å². The van der Waals surface area contributed by atoms with E-state index in [9.17, 15) is 4.79 Å². The second-order valence-electron chi connectivity index (χ2n) is 5.12. The number of nitrogens with zero attached hydrogens (tertiary/aromatic N) is 3. The Hall–Kier alpha value is -1.43. The summed E-state index contributed by atoms with van der Waals surface area (Å²) in [5, 5.41) is 13.0. The van der Waals surface area contributed by atoms with E-state index in [0.717, 1.165) is 38.6 Å². The fourth-order valence-corrected chi connectivity index (χ4v) is 2.38. The van der Waals surface area contributed by atoms with Crippen molar-refractivity contribution in [3.63, 3.8) is 0 Å². The van der Waals surface area contributed by atoms with Gasteiger partial charge >= 0.3 is 5.97 Å². The minimum atomic E-state index is -0.707. The second kappa shape index (κ2) is 6.65. The highest BCUT2D eigenvalue weighted by Crippen LogP contribution is 2.18. The highest BCUT2D eigenvalue weighted by Gasteiger charge is 2.26. The number of aliphatic carboxylic acids is 1. The molecule has 0 aromatic carbocycles. The van der Waals surface area contributed by atoms with Gasteiger partial charge in [-0.05, 0) is 25.8 Å². The molecule has 1 aromatic rings. The van der Waals surface area contributed by atoms with Crippen LogP contribution in [0, 0.1) is 5.92 Å². The van der Waals surface area contributed by atoms with Crippen LogP contribution in [0.25, 0.3) is 0 Å². The van der Waals surface area contributed by atoms with Gasteiger partial charge in [-0.1, -0.05) is 18.5 Å². The lowest BCUT2D eigenvalue weighted by atomic mass is 9.98. The smallest absolute Gasteiger partial charge is 0.307 e. The maximum Gasteiger partial charge on any atom is 0.307 e. The molecule has 0 amide bonds. The van der Waals surface area contributed by atoms with Gasteiger partial charge in [0.05, 0.1) is 12.5 Å². The molecular formula is C13H21N3O3. The molecule has 1 aliphatic heterocycles. The Morgan fingerprint density at radius 2 is 2.42 bits per heavy atom. The average molecular weight is 267 g/mol. The van der Waals surface area contributed by atoms with Crippen LogP contribution < -0.4 is 0 Å². The molecule has 1 unspecified atom stereocenters. The molecule has 1 saturated heterocycles. The van der Waals surface area contributed by atoms with Gasteiger partial charge in [0.25, 0.3) is 0 Å². The van der Waals surface area contributed by atoms with Crippen LogP contribution in [0.3, 0.4) is 0 Å². The van der Waals surface area contributed by atoms with Gasteiger partial charge in [0.15, 0.2) is 5.82 Å². The number of carboxylic acids is 1. The average Bonchev–Trinajstić information content (AvgIpc) is 2.84. The Bertz CT molecular complexity index is 419. The summed E-state index contributed by atoms with van der Waals surface area (Å²) in [7, 11) is 0. The van der Waals surface area contributed by atoms with Crippen molar-refractivity contribution in [1.29, 1.82) is 0 Å². The Balaban J connectivity index is 1.86. The first-order valence-corrected chi connectivity index (χ1v) is 6.95. The number of likely N-dealkylation sites (tertiary alicyclic amines) is 1. The third-order valence-corrected chi connectivity index (χ3v) is 3.47. The Morgan fingerprint density at radius 3 is 3.16 bits per heavy atom. The summed E-state index contributed by atoms with van der Waals surface area (Å²) in [6, 6.07) is 0. The summed E-state index contributed by atoms with van der Waals surface area (Å²) >= 11 is 0. The van der Waals surface area contributed by atoms with E-state index >= 15 is 0 Å². The molecule has 0 bridgehead atoms. The van der Waals surface area contributed by atoms with Gasteiger partial charge in [0.1, 0.15) is 0 Å². The van der Waals surface area contributed by atoms with E-state index in [-0.39, 0.29) is 5.92 Å². The Kier molecular flexibility index (Phi) is 4.90. The number of carboxylic acid groups (broad SMARTS) is 1. The second-order valence-corrected chi connectivity index (χ2v) is 5.12. The number of aryl methyl sites for hydroxylation is 1. The molecule has 1 N–H and O–H groups in total. The lowest BCUT2D eigenvalue weighted by molar-refractivity contribution is -0.143. The Morgan fingerprint density at radius 1 is 1.58 bits per heavy atom. The van der Waals surface area contributed by atoms with Crippen LogP contribution in [-0.4, -0.2) is 39.2 Å². The maximum atomic E-state index is 11.0. The van der Waals surface area contributed by atoms with Gasteiger partial charge in [0, 0.05) is 13.0 Å². The maximum absolute atomic E-state index is 11.0. The van der Waals surface area contributed by atoms with Crippen LogP contribution in [0.2, 0.25) is 0 Å². The first kappa shape index (κ1) is 14.0. The van der Waals surface area contributed by atoms with Gasteiger partial charge in [-0.25, -0.2) is 0 Å². The van der Waals surface area contributed by atoms with Crippen molar-refractivity contribution in [2.24, 2.45) is 5.92 Å². The van der Waals surface area contributed by atoms with E-state index in [1.807, 2.05) is 0 Å². The molecule has 106 valence electrons. The molecule has 0 spiro atoms. The number of piperidine rings is 1. The predicted molar refractivity (Wildman–Crippen MR) is 68.5 cm³/mol. The largest absolute Gasteiger partial charge is 0.481 e. The van der Waals surface area contributed by atoms with Crippen molar-refractivity contribution in [2.75, 3.05) is 13.1 Å². The SMILES string of the molecule is CCCCc1nc(CN2CCCC(C(=O)O)C2)no1. The zero-order valence-corrected chi connectivity index (χ0v) is 11.3. The first-order valence-electron chi connectivity index (χ1n) is 6.95. The summed E-state index contributed by atoms with van der Waals surface area (Å²) in [4.78, 5) is 17.4. The van der Waals surface area contributed by atoms with Gasteiger partial charge < -0.3 is 9.63 Å². The van der Waals surface area contributed by atoms with Crippen molar-refractivity contribution in [3.05, 3.63) is 11.7 Å². The normalized spacial score (nSPS) is 20.6. The highest BCUT2D eigenvalue weighted by molar-refractivity contribution is 5.70. The molecule has 0 aliphatic carbocycles. The first-order chi connectivity index (χ1) is 9.19. The summed E-state index contributed by atoms with van der Waals surface area (Å²) in [5.74, 6) is 0.377. The van der Waals surface area contributed by atoms with E-state index in [4.69, 9.17) is 9.63 Å². The summed E-state index contributed by atoms with van der Waals surface area (Å²) in [6.45, 7) is 4.19. The van der Waals surface area contributed by atoms with Gasteiger partial charge in [-0.3, -0.25) is 9.69 Å². The molecule has 1 fully saturated rings. The van der Waals surface area contributed by atoms with Crippen molar-refractivity contribution >= 4 is 5.97 Å². The number of rotatable bonds is 6. The minimum Gasteiger partial charge on any atom is -0.481 e. The molecule has 1 aliphatic rings. The molecule has 2 rings (SSSR count). The predicted octanol–water partition coefficient (Wildman–Crippen LogP) is 1.71. The zero-order chi connectivity index (χ0) is 13.7. The molecule has 6 nitrogen and oxygen atoms in total. The third kappa shape index (κ3) is 4.02. The van der Waals surface area contributed by atoms with Crippen molar-refractivity contribution < 1.29 is 14.4 Å². The third-order valence-electron chi connectivity index (χ3n) is 3.47. The molecule has 6 heteroatoms. The number of carbonyl (C=O) groups is 1. The number of unbranched alkanes of at least 4 members (excludes halogenated alkanes) is 1. The van der Waals surface area contributed by atoms with E-state index in [0.29, 0.717) is 24.8 Å². The van der Waals surface area contributed by atoms with Gasteiger partial charge in [0.2, 0.25) is 5.89 Å². The summed E-state index contributed by atoms with van der Waals surface area (Å²) in [5.41, 5.74) is 0. The van der Waals surface area contributed by atoms with Crippen LogP contribution in [0.5, 0.6) is 0 Å². The standard InChI is InChI=1S/C13H21N3O3/c1-2-3-6-12-14-11(15-19-12)9-16-7-4-5-10(8-16)13(17)18/h10H,2-9H2,1H3,(H,17,18). The van der Waals surface area contributed by atoms with E-state index < -0.39 is 5.97 Å². The van der Waals surface area contributed by atoms with Crippen LogP contribution in [0.4, 0.5) is 0 Å². The molecule has 1 aromatic heterocycles. The molecule has 1 atom stereocenters. The summed E-state index contributed by atoms with van der Waals surface area (Å²) in [6.07, 6.45) is 4.65. The Labute approximate surface area is 112 Å². The van der Waals surface area contributed by atoms with Crippen LogP contribution >= 0.6 is 0 Å². The zero-order valence-electron chi connectivity index (χ0n) is 11.3. The van der Waals surface area contributed by atoms with E-state index in [2.05, 4.69) is 22.0 Å². The topological polar surface area (TPSA) is 79.5 Å². The van der Waals surface area contributed by atoms with E-state index in [1.165, 1.54) is 0 Å². The minimum absolute atomic E-state index is 0.264. The fraction of sp³-hybridized carbons (Fsp3) is 0.769.